The van der Waals surface area contributed by atoms with Gasteiger partial charge in [-0.3, -0.25) is 5.41 Å². The Morgan fingerprint density at radius 1 is 1.43 bits per heavy atom. The number of thioether (sulfide) groups is 1. The van der Waals surface area contributed by atoms with E-state index in [2.05, 4.69) is 20.8 Å². The van der Waals surface area contributed by atoms with E-state index in [9.17, 15) is 0 Å². The van der Waals surface area contributed by atoms with Crippen LogP contribution in [0.2, 0.25) is 0 Å². The molecule has 2 fully saturated rings. The number of nitrogens with one attached hydrogen (secondary N) is 1. The normalized spacial score (nSPS) is 44.2. The van der Waals surface area contributed by atoms with Gasteiger partial charge in [0.25, 0.3) is 0 Å². The molecular formula is C11H20N2S. The van der Waals surface area contributed by atoms with Gasteiger partial charge in [0.1, 0.15) is 0 Å². The van der Waals surface area contributed by atoms with Crippen molar-refractivity contribution in [3.05, 3.63) is 0 Å². The van der Waals surface area contributed by atoms with Crippen molar-refractivity contribution in [1.29, 1.82) is 5.41 Å². The lowest BCUT2D eigenvalue weighted by Crippen LogP contribution is -2.35. The van der Waals surface area contributed by atoms with Gasteiger partial charge in [0.2, 0.25) is 0 Å². The highest BCUT2D eigenvalue weighted by Crippen LogP contribution is 2.68. The molecule has 2 saturated carbocycles. The summed E-state index contributed by atoms with van der Waals surface area (Å²) in [5.41, 5.74) is 6.34. The van der Waals surface area contributed by atoms with Gasteiger partial charge >= 0.3 is 0 Å². The quantitative estimate of drug-likeness (QED) is 0.518. The molecule has 0 aromatic rings. The molecule has 2 nitrogen and oxygen atoms in total. The van der Waals surface area contributed by atoms with Crippen molar-refractivity contribution in [1.82, 2.24) is 0 Å². The van der Waals surface area contributed by atoms with Gasteiger partial charge in [0.05, 0.1) is 0 Å². The molecule has 0 spiro atoms. The van der Waals surface area contributed by atoms with E-state index in [4.69, 9.17) is 11.1 Å². The van der Waals surface area contributed by atoms with Crippen LogP contribution in [0.4, 0.5) is 0 Å². The molecule has 0 aromatic carbocycles. The molecular weight excluding hydrogens is 192 g/mol. The SMILES string of the molecule is CC1(C)[C@@H]2CC[C@]1(C)[C@H](SC(=N)N)C2. The maximum absolute atomic E-state index is 7.40. The van der Waals surface area contributed by atoms with Crippen LogP contribution in [0.25, 0.3) is 0 Å². The molecule has 3 N–H and O–H groups in total. The Labute approximate surface area is 90.5 Å². The lowest BCUT2D eigenvalue weighted by molar-refractivity contribution is 0.157. The van der Waals surface area contributed by atoms with Crippen LogP contribution in [0.1, 0.15) is 40.0 Å². The molecule has 0 aliphatic heterocycles. The minimum absolute atomic E-state index is 0.291. The van der Waals surface area contributed by atoms with Crippen molar-refractivity contribution in [2.75, 3.05) is 0 Å². The molecule has 2 rings (SSSR count). The van der Waals surface area contributed by atoms with E-state index >= 15 is 0 Å². The van der Waals surface area contributed by atoms with Crippen molar-refractivity contribution in [2.24, 2.45) is 22.5 Å². The van der Waals surface area contributed by atoms with E-state index < -0.39 is 0 Å². The number of hydrogen-bond acceptors (Lipinski definition) is 2. The fraction of sp³-hybridized carbons (Fsp3) is 0.909. The van der Waals surface area contributed by atoms with Crippen LogP contribution in [0.3, 0.4) is 0 Å². The largest absolute Gasteiger partial charge is 0.379 e. The van der Waals surface area contributed by atoms with Gasteiger partial charge in [0, 0.05) is 5.25 Å². The van der Waals surface area contributed by atoms with E-state index in [1.165, 1.54) is 19.3 Å². The Morgan fingerprint density at radius 2 is 2.07 bits per heavy atom. The number of hydrogen-bond donors (Lipinski definition) is 2. The molecule has 3 heteroatoms. The summed E-state index contributed by atoms with van der Waals surface area (Å²) in [5.74, 6) is 0.851. The first-order valence-corrected chi connectivity index (χ1v) is 6.26. The van der Waals surface area contributed by atoms with Crippen LogP contribution < -0.4 is 5.73 Å². The maximum Gasteiger partial charge on any atom is 0.151 e. The smallest absolute Gasteiger partial charge is 0.151 e. The van der Waals surface area contributed by atoms with E-state index in [1.807, 2.05) is 0 Å². The van der Waals surface area contributed by atoms with Crippen molar-refractivity contribution >= 4 is 16.9 Å². The standard InChI is InChI=1S/C11H20N2S/c1-10(2)7-4-5-11(10,3)8(6-7)14-9(12)13/h7-8H,4-6H2,1-3H3,(H3,12,13)/t7-,8-,11-/m1/s1. The number of rotatable bonds is 1. The average Bonchev–Trinajstić information content (AvgIpc) is 2.35. The Bertz CT molecular complexity index is 274. The lowest BCUT2D eigenvalue weighted by atomic mass is 9.71. The second-order valence-electron chi connectivity index (χ2n) is 5.58. The Balaban J connectivity index is 2.23. The van der Waals surface area contributed by atoms with Crippen molar-refractivity contribution < 1.29 is 0 Å². The first-order chi connectivity index (χ1) is 6.38. The highest BCUT2D eigenvalue weighted by atomic mass is 32.2. The molecule has 0 aromatic heterocycles. The van der Waals surface area contributed by atoms with Gasteiger partial charge in [-0.15, -0.1) is 0 Å². The van der Waals surface area contributed by atoms with E-state index in [-0.39, 0.29) is 0 Å². The minimum Gasteiger partial charge on any atom is -0.379 e. The zero-order valence-corrected chi connectivity index (χ0v) is 10.1. The van der Waals surface area contributed by atoms with Crippen molar-refractivity contribution in [2.45, 2.75) is 45.3 Å². The molecule has 0 heterocycles. The summed E-state index contributed by atoms with van der Waals surface area (Å²) in [6.45, 7) is 7.18. The molecule has 2 aliphatic carbocycles. The maximum atomic E-state index is 7.40. The summed E-state index contributed by atoms with van der Waals surface area (Å²) in [4.78, 5) is 0. The molecule has 80 valence electrons. The van der Waals surface area contributed by atoms with Crippen molar-refractivity contribution in [3.8, 4) is 0 Å². The van der Waals surface area contributed by atoms with Gasteiger partial charge in [-0.2, -0.15) is 0 Å². The van der Waals surface area contributed by atoms with Crippen molar-refractivity contribution in [3.63, 3.8) is 0 Å². The summed E-state index contributed by atoms with van der Waals surface area (Å²) in [6.07, 6.45) is 3.95. The third-order valence-corrected chi connectivity index (χ3v) is 6.23. The summed E-state index contributed by atoms with van der Waals surface area (Å²) >= 11 is 1.59. The van der Waals surface area contributed by atoms with Gasteiger partial charge < -0.3 is 5.73 Å². The van der Waals surface area contributed by atoms with Crippen LogP contribution in [0.15, 0.2) is 0 Å². The van der Waals surface area contributed by atoms with E-state index in [1.54, 1.807) is 11.8 Å². The molecule has 14 heavy (non-hydrogen) atoms. The van der Waals surface area contributed by atoms with Crippen LogP contribution in [0.5, 0.6) is 0 Å². The highest BCUT2D eigenvalue weighted by Gasteiger charge is 2.61. The molecule has 2 aliphatic rings. The Hall–Kier alpha value is -0.180. The topological polar surface area (TPSA) is 49.9 Å². The first-order valence-electron chi connectivity index (χ1n) is 5.38. The molecule has 0 amide bonds. The first kappa shape index (κ1) is 10.3. The predicted molar refractivity (Wildman–Crippen MR) is 62.5 cm³/mol. The predicted octanol–water partition coefficient (Wildman–Crippen LogP) is 2.83. The molecule has 0 saturated heterocycles. The monoisotopic (exact) mass is 212 g/mol. The molecule has 3 atom stereocenters. The second kappa shape index (κ2) is 2.91. The Morgan fingerprint density at radius 3 is 2.43 bits per heavy atom. The summed E-state index contributed by atoms with van der Waals surface area (Å²) in [6, 6.07) is 0. The van der Waals surface area contributed by atoms with Crippen LogP contribution >= 0.6 is 11.8 Å². The zero-order chi connectivity index (χ0) is 10.6. The minimum atomic E-state index is 0.291. The number of amidine groups is 1. The van der Waals surface area contributed by atoms with Crippen LogP contribution in [-0.4, -0.2) is 10.4 Å². The van der Waals surface area contributed by atoms with Crippen LogP contribution in [0, 0.1) is 22.2 Å². The number of fused-ring (bicyclic) bond motifs is 2. The number of nitrogens with two attached hydrogens (primary N) is 1. The van der Waals surface area contributed by atoms with E-state index in [0.717, 1.165) is 5.92 Å². The third-order valence-electron chi connectivity index (χ3n) is 4.98. The summed E-state index contributed by atoms with van der Waals surface area (Å²) < 4.78 is 0. The second-order valence-corrected chi connectivity index (χ2v) is 6.83. The molecule has 0 unspecified atom stereocenters. The fourth-order valence-electron chi connectivity index (χ4n) is 3.46. The lowest BCUT2D eigenvalue weighted by Gasteiger charge is -2.38. The van der Waals surface area contributed by atoms with Gasteiger partial charge in [-0.05, 0) is 36.0 Å². The van der Waals surface area contributed by atoms with E-state index in [0.29, 0.717) is 21.2 Å². The van der Waals surface area contributed by atoms with Crippen LogP contribution in [-0.2, 0) is 0 Å². The van der Waals surface area contributed by atoms with Gasteiger partial charge in [-0.1, -0.05) is 32.5 Å². The zero-order valence-electron chi connectivity index (χ0n) is 9.26. The summed E-state index contributed by atoms with van der Waals surface area (Å²) in [5, 5.41) is 8.26. The molecule has 0 radical (unpaired) electrons. The fourth-order valence-corrected chi connectivity index (χ4v) is 4.78. The van der Waals surface area contributed by atoms with Gasteiger partial charge in [0.15, 0.2) is 5.17 Å². The Kier molecular flexibility index (Phi) is 2.15. The van der Waals surface area contributed by atoms with Gasteiger partial charge in [-0.25, -0.2) is 0 Å². The highest BCUT2D eigenvalue weighted by molar-refractivity contribution is 8.14. The third kappa shape index (κ3) is 1.14. The average molecular weight is 212 g/mol. The summed E-state index contributed by atoms with van der Waals surface area (Å²) in [7, 11) is 0. The molecule has 2 bridgehead atoms.